The van der Waals surface area contributed by atoms with Crippen molar-refractivity contribution in [2.75, 3.05) is 0 Å². The molecule has 14 heavy (non-hydrogen) atoms. The maximum absolute atomic E-state index is 10.8. The van der Waals surface area contributed by atoms with Crippen LogP contribution in [0.3, 0.4) is 0 Å². The maximum Gasteiger partial charge on any atom is 0.326 e. The summed E-state index contributed by atoms with van der Waals surface area (Å²) < 4.78 is 1.66. The number of carboxylic acid groups (broad SMARTS) is 1. The molecule has 0 aromatic carbocycles. The number of carbonyl (C=O) groups is 1. The smallest absolute Gasteiger partial charge is 0.326 e. The third-order valence-electron chi connectivity index (χ3n) is 2.15. The molecule has 0 fully saturated rings. The van der Waals surface area contributed by atoms with Gasteiger partial charge in [0, 0.05) is 5.92 Å². The van der Waals surface area contributed by atoms with E-state index in [4.69, 9.17) is 5.11 Å². The summed E-state index contributed by atoms with van der Waals surface area (Å²) >= 11 is 0. The molecule has 1 rings (SSSR count). The maximum atomic E-state index is 10.8. The van der Waals surface area contributed by atoms with Crippen LogP contribution in [0.4, 0.5) is 0 Å². The number of hydrogen-bond donors (Lipinski definition) is 1. The Bertz CT molecular complexity index is 344. The lowest BCUT2D eigenvalue weighted by molar-refractivity contribution is -0.140. The summed E-state index contributed by atoms with van der Waals surface area (Å²) in [5.41, 5.74) is 0. The number of aromatic nitrogens is 3. The van der Waals surface area contributed by atoms with Crippen molar-refractivity contribution in [1.29, 1.82) is 0 Å². The molecular weight excluding hydrogens is 182 g/mol. The standard InChI is InChI=1S/C9H15N3O2/c1-5(2)8-11-10-7(4)12(8)6(3)9(13)14/h5-6H,1-4H3,(H,13,14). The highest BCUT2D eigenvalue weighted by molar-refractivity contribution is 5.71. The minimum absolute atomic E-state index is 0.179. The van der Waals surface area contributed by atoms with Crippen molar-refractivity contribution in [3.05, 3.63) is 11.6 Å². The fraction of sp³-hybridized carbons (Fsp3) is 0.667. The molecule has 1 heterocycles. The first-order chi connectivity index (χ1) is 6.45. The number of aryl methyl sites for hydroxylation is 1. The van der Waals surface area contributed by atoms with Crippen LogP contribution in [0.1, 0.15) is 44.4 Å². The molecule has 0 bridgehead atoms. The molecule has 0 saturated carbocycles. The van der Waals surface area contributed by atoms with E-state index < -0.39 is 12.0 Å². The van der Waals surface area contributed by atoms with E-state index in [0.29, 0.717) is 5.82 Å². The van der Waals surface area contributed by atoms with Crippen LogP contribution in [0, 0.1) is 6.92 Å². The van der Waals surface area contributed by atoms with Crippen LogP contribution >= 0.6 is 0 Å². The first-order valence-electron chi connectivity index (χ1n) is 4.59. The molecule has 1 aromatic rings. The van der Waals surface area contributed by atoms with Crippen LogP contribution in [0.25, 0.3) is 0 Å². The minimum atomic E-state index is -0.866. The van der Waals surface area contributed by atoms with Gasteiger partial charge in [-0.05, 0) is 13.8 Å². The van der Waals surface area contributed by atoms with Crippen LogP contribution < -0.4 is 0 Å². The highest BCUT2D eigenvalue weighted by Crippen LogP contribution is 2.18. The number of rotatable bonds is 3. The van der Waals surface area contributed by atoms with Crippen molar-refractivity contribution in [3.8, 4) is 0 Å². The average Bonchev–Trinajstić information content (AvgIpc) is 2.45. The van der Waals surface area contributed by atoms with Gasteiger partial charge in [-0.1, -0.05) is 13.8 Å². The molecule has 5 heteroatoms. The fourth-order valence-electron chi connectivity index (χ4n) is 1.37. The van der Waals surface area contributed by atoms with E-state index in [1.165, 1.54) is 0 Å². The van der Waals surface area contributed by atoms with Crippen molar-refractivity contribution < 1.29 is 9.90 Å². The number of nitrogens with zero attached hydrogens (tertiary/aromatic N) is 3. The molecule has 78 valence electrons. The molecule has 0 amide bonds. The molecule has 1 unspecified atom stereocenters. The Morgan fingerprint density at radius 3 is 2.36 bits per heavy atom. The second-order valence-corrected chi connectivity index (χ2v) is 3.64. The molecule has 0 aliphatic heterocycles. The van der Waals surface area contributed by atoms with Crippen LogP contribution in [0.15, 0.2) is 0 Å². The van der Waals surface area contributed by atoms with Crippen LogP contribution in [0.5, 0.6) is 0 Å². The van der Waals surface area contributed by atoms with Crippen molar-refractivity contribution >= 4 is 5.97 Å². The SMILES string of the molecule is Cc1nnc(C(C)C)n1C(C)C(=O)O. The third kappa shape index (κ3) is 1.76. The van der Waals surface area contributed by atoms with E-state index in [1.807, 2.05) is 13.8 Å². The van der Waals surface area contributed by atoms with Gasteiger partial charge >= 0.3 is 5.97 Å². The second-order valence-electron chi connectivity index (χ2n) is 3.64. The summed E-state index contributed by atoms with van der Waals surface area (Å²) in [5, 5.41) is 16.8. The number of aliphatic carboxylic acids is 1. The molecule has 1 aromatic heterocycles. The summed E-state index contributed by atoms with van der Waals surface area (Å²) in [6.45, 7) is 7.33. The van der Waals surface area contributed by atoms with E-state index >= 15 is 0 Å². The summed E-state index contributed by atoms with van der Waals surface area (Å²) in [7, 11) is 0. The van der Waals surface area contributed by atoms with Crippen molar-refractivity contribution in [2.24, 2.45) is 0 Å². The van der Waals surface area contributed by atoms with Crippen LogP contribution in [0.2, 0.25) is 0 Å². The molecule has 5 nitrogen and oxygen atoms in total. The van der Waals surface area contributed by atoms with E-state index in [-0.39, 0.29) is 5.92 Å². The third-order valence-corrected chi connectivity index (χ3v) is 2.15. The zero-order valence-corrected chi connectivity index (χ0v) is 8.85. The van der Waals surface area contributed by atoms with Gasteiger partial charge in [0.15, 0.2) is 0 Å². The Balaban J connectivity index is 3.17. The zero-order chi connectivity index (χ0) is 10.9. The lowest BCUT2D eigenvalue weighted by Gasteiger charge is -2.14. The Kier molecular flexibility index (Phi) is 2.88. The summed E-state index contributed by atoms with van der Waals surface area (Å²) in [6, 6.07) is -0.609. The fourth-order valence-corrected chi connectivity index (χ4v) is 1.37. The molecule has 1 N–H and O–H groups in total. The Morgan fingerprint density at radius 1 is 1.36 bits per heavy atom. The first-order valence-corrected chi connectivity index (χ1v) is 4.59. The second kappa shape index (κ2) is 3.77. The van der Waals surface area contributed by atoms with Gasteiger partial charge in [-0.15, -0.1) is 10.2 Å². The van der Waals surface area contributed by atoms with E-state index in [1.54, 1.807) is 18.4 Å². The quantitative estimate of drug-likeness (QED) is 0.794. The van der Waals surface area contributed by atoms with Gasteiger partial charge in [0.05, 0.1) is 0 Å². The molecule has 0 radical (unpaired) electrons. The van der Waals surface area contributed by atoms with Gasteiger partial charge in [-0.3, -0.25) is 0 Å². The lowest BCUT2D eigenvalue weighted by Crippen LogP contribution is -2.19. The summed E-state index contributed by atoms with van der Waals surface area (Å²) in [5.74, 6) is 0.675. The Morgan fingerprint density at radius 2 is 1.93 bits per heavy atom. The first kappa shape index (κ1) is 10.7. The van der Waals surface area contributed by atoms with E-state index in [2.05, 4.69) is 10.2 Å². The highest BCUT2D eigenvalue weighted by atomic mass is 16.4. The Labute approximate surface area is 82.8 Å². The number of carboxylic acids is 1. The molecule has 0 aliphatic rings. The summed E-state index contributed by atoms with van der Waals surface area (Å²) in [6.07, 6.45) is 0. The van der Waals surface area contributed by atoms with Gasteiger partial charge in [0.25, 0.3) is 0 Å². The van der Waals surface area contributed by atoms with Gasteiger partial charge in [-0.2, -0.15) is 0 Å². The zero-order valence-electron chi connectivity index (χ0n) is 8.85. The highest BCUT2D eigenvalue weighted by Gasteiger charge is 2.21. The molecule has 0 aliphatic carbocycles. The van der Waals surface area contributed by atoms with E-state index in [0.717, 1.165) is 5.82 Å². The normalized spacial score (nSPS) is 13.2. The van der Waals surface area contributed by atoms with Gasteiger partial charge in [0.1, 0.15) is 17.7 Å². The van der Waals surface area contributed by atoms with Crippen LogP contribution in [-0.2, 0) is 4.79 Å². The summed E-state index contributed by atoms with van der Waals surface area (Å²) in [4.78, 5) is 10.8. The minimum Gasteiger partial charge on any atom is -0.480 e. The van der Waals surface area contributed by atoms with Gasteiger partial charge in [-0.25, -0.2) is 4.79 Å². The molecule has 0 saturated heterocycles. The van der Waals surface area contributed by atoms with Crippen LogP contribution in [-0.4, -0.2) is 25.8 Å². The molecule has 1 atom stereocenters. The largest absolute Gasteiger partial charge is 0.480 e. The average molecular weight is 197 g/mol. The molecule has 0 spiro atoms. The predicted molar refractivity (Wildman–Crippen MR) is 51.2 cm³/mol. The van der Waals surface area contributed by atoms with Crippen molar-refractivity contribution in [3.63, 3.8) is 0 Å². The monoisotopic (exact) mass is 197 g/mol. The topological polar surface area (TPSA) is 68.0 Å². The molecular formula is C9H15N3O2. The van der Waals surface area contributed by atoms with Gasteiger partial charge in [0.2, 0.25) is 0 Å². The van der Waals surface area contributed by atoms with Crippen molar-refractivity contribution in [1.82, 2.24) is 14.8 Å². The number of hydrogen-bond acceptors (Lipinski definition) is 3. The van der Waals surface area contributed by atoms with E-state index in [9.17, 15) is 4.79 Å². The van der Waals surface area contributed by atoms with Crippen molar-refractivity contribution in [2.45, 2.75) is 39.7 Å². The Hall–Kier alpha value is -1.39. The van der Waals surface area contributed by atoms with Gasteiger partial charge < -0.3 is 9.67 Å². The lowest BCUT2D eigenvalue weighted by atomic mass is 10.2. The predicted octanol–water partition coefficient (Wildman–Crippen LogP) is 1.36.